The first-order valence-electron chi connectivity index (χ1n) is 17.5. The van der Waals surface area contributed by atoms with Crippen LogP contribution in [0, 0.1) is 5.92 Å². The Balaban J connectivity index is 3.53. The number of hydrogen-bond acceptors (Lipinski definition) is 5. The van der Waals surface area contributed by atoms with E-state index in [2.05, 4.69) is 20.8 Å². The molecule has 0 saturated carbocycles. The van der Waals surface area contributed by atoms with Crippen molar-refractivity contribution in [1.82, 2.24) is 0 Å². The average Bonchev–Trinajstić information content (AvgIpc) is 2.93. The summed E-state index contributed by atoms with van der Waals surface area (Å²) in [6.07, 6.45) is 30.1. The molecule has 0 aromatic carbocycles. The molecule has 0 radical (unpaired) electrons. The van der Waals surface area contributed by atoms with Crippen LogP contribution < -0.4 is 0 Å². The number of rotatable bonds is 31. The van der Waals surface area contributed by atoms with E-state index in [-0.39, 0.29) is 25.2 Å². The lowest BCUT2D eigenvalue weighted by molar-refractivity contribution is -0.161. The maximum atomic E-state index is 12.1. The maximum absolute atomic E-state index is 12.1. The van der Waals surface area contributed by atoms with E-state index >= 15 is 0 Å². The van der Waals surface area contributed by atoms with Gasteiger partial charge in [-0.1, -0.05) is 162 Å². The summed E-state index contributed by atoms with van der Waals surface area (Å²) in [5.74, 6) is 0.254. The molecular weight excluding hydrogens is 500 g/mol. The van der Waals surface area contributed by atoms with Crippen LogP contribution in [-0.2, 0) is 19.1 Å². The van der Waals surface area contributed by atoms with Crippen LogP contribution in [-0.4, -0.2) is 36.4 Å². The predicted molar refractivity (Wildman–Crippen MR) is 168 cm³/mol. The molecule has 0 bridgehead atoms. The first-order chi connectivity index (χ1) is 19.5. The highest BCUT2D eigenvalue weighted by Gasteiger charge is 2.16. The van der Waals surface area contributed by atoms with Gasteiger partial charge in [-0.05, 0) is 18.8 Å². The van der Waals surface area contributed by atoms with E-state index in [0.29, 0.717) is 12.8 Å². The molecule has 0 amide bonds. The minimum absolute atomic E-state index is 0.0585. The highest BCUT2D eigenvalue weighted by molar-refractivity contribution is 5.70. The van der Waals surface area contributed by atoms with Gasteiger partial charge in [0, 0.05) is 12.8 Å². The van der Waals surface area contributed by atoms with E-state index in [1.807, 2.05) is 0 Å². The van der Waals surface area contributed by atoms with Gasteiger partial charge in [0.05, 0.1) is 6.61 Å². The smallest absolute Gasteiger partial charge is 0.306 e. The van der Waals surface area contributed by atoms with Crippen molar-refractivity contribution in [3.8, 4) is 0 Å². The molecule has 0 aliphatic heterocycles. The van der Waals surface area contributed by atoms with E-state index < -0.39 is 6.10 Å². The molecule has 1 N–H and O–H groups in total. The van der Waals surface area contributed by atoms with E-state index in [4.69, 9.17) is 9.47 Å². The number of aliphatic hydroxyl groups excluding tert-OH is 1. The number of carbonyl (C=O) groups excluding carboxylic acids is 2. The quantitative estimate of drug-likeness (QED) is 0.0665. The number of unbranched alkanes of at least 4 members (excludes halogenated alkanes) is 21. The fraction of sp³-hybridized carbons (Fsp3) is 0.943. The first-order valence-corrected chi connectivity index (χ1v) is 17.5. The van der Waals surface area contributed by atoms with Crippen LogP contribution in [0.4, 0.5) is 0 Å². The third kappa shape index (κ3) is 29.9. The van der Waals surface area contributed by atoms with Crippen LogP contribution in [0.25, 0.3) is 0 Å². The third-order valence-corrected chi connectivity index (χ3v) is 7.83. The summed E-state index contributed by atoms with van der Waals surface area (Å²) in [6.45, 7) is 6.47. The molecule has 0 saturated heterocycles. The van der Waals surface area contributed by atoms with Crippen molar-refractivity contribution in [3.63, 3.8) is 0 Å². The predicted octanol–water partition coefficient (Wildman–Crippen LogP) is 10.3. The Bertz CT molecular complexity index is 548. The Morgan fingerprint density at radius 1 is 0.550 bits per heavy atom. The van der Waals surface area contributed by atoms with Crippen molar-refractivity contribution in [2.24, 2.45) is 5.92 Å². The molecule has 238 valence electrons. The van der Waals surface area contributed by atoms with Crippen molar-refractivity contribution >= 4 is 11.9 Å². The second kappa shape index (κ2) is 30.8. The molecule has 0 fully saturated rings. The van der Waals surface area contributed by atoms with E-state index in [1.165, 1.54) is 116 Å². The van der Waals surface area contributed by atoms with E-state index in [1.54, 1.807) is 0 Å². The van der Waals surface area contributed by atoms with Crippen LogP contribution >= 0.6 is 0 Å². The lowest BCUT2D eigenvalue weighted by Gasteiger charge is -2.15. The normalized spacial score (nSPS) is 12.1. The third-order valence-electron chi connectivity index (χ3n) is 7.83. The Hall–Kier alpha value is -1.10. The fourth-order valence-electron chi connectivity index (χ4n) is 5.15. The zero-order valence-corrected chi connectivity index (χ0v) is 27.0. The van der Waals surface area contributed by atoms with Gasteiger partial charge in [0.15, 0.2) is 6.10 Å². The largest absolute Gasteiger partial charge is 0.462 e. The van der Waals surface area contributed by atoms with Crippen LogP contribution in [0.2, 0.25) is 0 Å². The monoisotopic (exact) mass is 569 g/mol. The minimum Gasteiger partial charge on any atom is -0.462 e. The molecule has 0 aromatic heterocycles. The number of carbonyl (C=O) groups is 2. The lowest BCUT2D eigenvalue weighted by atomic mass is 10.0. The average molecular weight is 569 g/mol. The molecule has 0 aliphatic rings. The van der Waals surface area contributed by atoms with Crippen molar-refractivity contribution in [2.45, 2.75) is 194 Å². The van der Waals surface area contributed by atoms with Crippen molar-refractivity contribution in [3.05, 3.63) is 0 Å². The van der Waals surface area contributed by atoms with Crippen LogP contribution in [0.5, 0.6) is 0 Å². The van der Waals surface area contributed by atoms with Gasteiger partial charge in [-0.15, -0.1) is 0 Å². The zero-order chi connectivity index (χ0) is 29.5. The zero-order valence-electron chi connectivity index (χ0n) is 27.0. The van der Waals surface area contributed by atoms with Crippen molar-refractivity contribution in [2.75, 3.05) is 13.2 Å². The summed E-state index contributed by atoms with van der Waals surface area (Å²) < 4.78 is 10.6. The Labute approximate surface area is 248 Å². The molecule has 0 aromatic rings. The number of aliphatic hydroxyl groups is 1. The number of hydrogen-bond donors (Lipinski definition) is 1. The summed E-state index contributed by atoms with van der Waals surface area (Å²) >= 11 is 0. The summed E-state index contributed by atoms with van der Waals surface area (Å²) in [6, 6.07) is 0. The van der Waals surface area contributed by atoms with Gasteiger partial charge in [-0.25, -0.2) is 0 Å². The Morgan fingerprint density at radius 2 is 0.925 bits per heavy atom. The molecule has 0 unspecified atom stereocenters. The van der Waals surface area contributed by atoms with Gasteiger partial charge in [0.1, 0.15) is 6.61 Å². The Morgan fingerprint density at radius 3 is 1.32 bits per heavy atom. The second-order valence-electron chi connectivity index (χ2n) is 12.4. The van der Waals surface area contributed by atoms with Gasteiger partial charge >= 0.3 is 11.9 Å². The molecule has 0 aliphatic carbocycles. The highest BCUT2D eigenvalue weighted by atomic mass is 16.6. The van der Waals surface area contributed by atoms with Crippen LogP contribution in [0.15, 0.2) is 0 Å². The van der Waals surface area contributed by atoms with Crippen LogP contribution in [0.3, 0.4) is 0 Å². The maximum Gasteiger partial charge on any atom is 0.306 e. The lowest BCUT2D eigenvalue weighted by Crippen LogP contribution is -2.28. The van der Waals surface area contributed by atoms with Crippen LogP contribution in [0.1, 0.15) is 188 Å². The summed E-state index contributed by atoms with van der Waals surface area (Å²) in [7, 11) is 0. The molecule has 0 heterocycles. The summed E-state index contributed by atoms with van der Waals surface area (Å²) in [4.78, 5) is 24.1. The molecule has 0 rings (SSSR count). The molecule has 0 spiro atoms. The fourth-order valence-corrected chi connectivity index (χ4v) is 5.15. The number of esters is 2. The van der Waals surface area contributed by atoms with E-state index in [9.17, 15) is 14.7 Å². The topological polar surface area (TPSA) is 72.8 Å². The highest BCUT2D eigenvalue weighted by Crippen LogP contribution is 2.15. The van der Waals surface area contributed by atoms with E-state index in [0.717, 1.165) is 44.4 Å². The molecule has 5 nitrogen and oxygen atoms in total. The second-order valence-corrected chi connectivity index (χ2v) is 12.4. The number of ether oxygens (including phenoxy) is 2. The van der Waals surface area contributed by atoms with Crippen molar-refractivity contribution in [1.29, 1.82) is 0 Å². The summed E-state index contributed by atoms with van der Waals surface area (Å²) in [5, 5.41) is 9.50. The SMILES string of the molecule is CCCCCCCCCCCCCCC(=O)O[C@@H](CO)COC(=O)CCCCCCCCCCCCCC(C)C. The molecule has 5 heteroatoms. The molecule has 1 atom stereocenters. The molecular formula is C35H68O5. The molecule has 40 heavy (non-hydrogen) atoms. The minimum atomic E-state index is -0.760. The van der Waals surface area contributed by atoms with Gasteiger partial charge in [0.2, 0.25) is 0 Å². The first kappa shape index (κ1) is 38.9. The van der Waals surface area contributed by atoms with Gasteiger partial charge in [-0.2, -0.15) is 0 Å². The van der Waals surface area contributed by atoms with Crippen molar-refractivity contribution < 1.29 is 24.2 Å². The summed E-state index contributed by atoms with van der Waals surface area (Å²) in [5.41, 5.74) is 0. The van der Waals surface area contributed by atoms with Gasteiger partial charge < -0.3 is 14.6 Å². The van der Waals surface area contributed by atoms with Gasteiger partial charge in [0.25, 0.3) is 0 Å². The standard InChI is InChI=1S/C35H68O5/c1-4-5-6-7-8-9-10-13-17-20-23-26-29-35(38)40-33(30-36)31-39-34(37)28-25-22-19-16-14-11-12-15-18-21-24-27-32(2)3/h32-33,36H,4-31H2,1-3H3/t33-/m0/s1. The van der Waals surface area contributed by atoms with Gasteiger partial charge in [-0.3, -0.25) is 9.59 Å². The Kier molecular flexibility index (Phi) is 30.0.